The summed E-state index contributed by atoms with van der Waals surface area (Å²) in [6.45, 7) is 7.72. The van der Waals surface area contributed by atoms with Gasteiger partial charge in [-0.25, -0.2) is 9.97 Å². The Bertz CT molecular complexity index is 974. The number of nitrogens with one attached hydrogen (secondary N) is 2. The number of para-hydroxylation sites is 2. The summed E-state index contributed by atoms with van der Waals surface area (Å²) in [6.07, 6.45) is 0.0391. The van der Waals surface area contributed by atoms with Crippen LogP contribution in [0.3, 0.4) is 0 Å². The van der Waals surface area contributed by atoms with Gasteiger partial charge < -0.3 is 15.4 Å². The Morgan fingerprint density at radius 1 is 0.966 bits per heavy atom. The molecule has 0 saturated carbocycles. The number of anilines is 2. The molecular weight excluding hydrogens is 364 g/mol. The summed E-state index contributed by atoms with van der Waals surface area (Å²) >= 11 is 0. The standard InChI is InChI=1S/C23H26N4O2/c1-15(2)29-21-13-9-8-12-19(21)26-23-24-16(3)14-20(27-23)22(28)25-17(4)18-10-6-5-7-11-18/h5-15,17H,1-4H3,(H,25,28)(H,24,26,27). The molecule has 2 aromatic carbocycles. The van der Waals surface area contributed by atoms with Gasteiger partial charge in [0.25, 0.3) is 5.91 Å². The molecule has 0 saturated heterocycles. The summed E-state index contributed by atoms with van der Waals surface area (Å²) in [5.41, 5.74) is 2.79. The van der Waals surface area contributed by atoms with Crippen LogP contribution in [0.15, 0.2) is 60.7 Å². The smallest absolute Gasteiger partial charge is 0.270 e. The predicted octanol–water partition coefficient (Wildman–Crippen LogP) is 4.81. The second-order valence-corrected chi connectivity index (χ2v) is 7.11. The van der Waals surface area contributed by atoms with E-state index in [1.165, 1.54) is 0 Å². The third-order valence-electron chi connectivity index (χ3n) is 4.23. The van der Waals surface area contributed by atoms with Crippen LogP contribution >= 0.6 is 0 Å². The third-order valence-corrected chi connectivity index (χ3v) is 4.23. The van der Waals surface area contributed by atoms with Crippen LogP contribution in [0.4, 0.5) is 11.6 Å². The van der Waals surface area contributed by atoms with Crippen molar-refractivity contribution in [2.75, 3.05) is 5.32 Å². The van der Waals surface area contributed by atoms with Crippen molar-refractivity contribution < 1.29 is 9.53 Å². The Morgan fingerprint density at radius 3 is 2.38 bits per heavy atom. The van der Waals surface area contributed by atoms with E-state index in [0.29, 0.717) is 23.1 Å². The fourth-order valence-corrected chi connectivity index (χ4v) is 2.88. The second-order valence-electron chi connectivity index (χ2n) is 7.11. The van der Waals surface area contributed by atoms with Gasteiger partial charge in [-0.05, 0) is 51.5 Å². The molecule has 150 valence electrons. The van der Waals surface area contributed by atoms with Crippen LogP contribution in [0.1, 0.15) is 48.6 Å². The number of carbonyl (C=O) groups excluding carboxylic acids is 1. The number of hydrogen-bond donors (Lipinski definition) is 2. The second kappa shape index (κ2) is 9.19. The maximum absolute atomic E-state index is 12.7. The van der Waals surface area contributed by atoms with Crippen LogP contribution in [-0.2, 0) is 0 Å². The molecule has 2 N–H and O–H groups in total. The highest BCUT2D eigenvalue weighted by Crippen LogP contribution is 2.27. The maximum atomic E-state index is 12.7. The zero-order valence-electron chi connectivity index (χ0n) is 17.1. The molecule has 1 amide bonds. The lowest BCUT2D eigenvalue weighted by Crippen LogP contribution is -2.27. The number of amides is 1. The van der Waals surface area contributed by atoms with Crippen molar-refractivity contribution in [1.82, 2.24) is 15.3 Å². The lowest BCUT2D eigenvalue weighted by atomic mass is 10.1. The monoisotopic (exact) mass is 390 g/mol. The van der Waals surface area contributed by atoms with Crippen LogP contribution in [0.25, 0.3) is 0 Å². The molecule has 0 fully saturated rings. The van der Waals surface area contributed by atoms with Crippen molar-refractivity contribution in [3.8, 4) is 5.75 Å². The van der Waals surface area contributed by atoms with Gasteiger partial charge >= 0.3 is 0 Å². The van der Waals surface area contributed by atoms with Gasteiger partial charge in [0.15, 0.2) is 0 Å². The van der Waals surface area contributed by atoms with E-state index < -0.39 is 0 Å². The number of aryl methyl sites for hydroxylation is 1. The predicted molar refractivity (Wildman–Crippen MR) is 115 cm³/mol. The third kappa shape index (κ3) is 5.54. The molecule has 3 aromatic rings. The number of nitrogens with zero attached hydrogens (tertiary/aromatic N) is 2. The molecule has 1 unspecified atom stereocenters. The minimum absolute atomic E-state index is 0.0391. The lowest BCUT2D eigenvalue weighted by Gasteiger charge is -2.16. The van der Waals surface area contributed by atoms with Gasteiger partial charge in [-0.2, -0.15) is 0 Å². The van der Waals surface area contributed by atoms with Gasteiger partial charge in [0.05, 0.1) is 17.8 Å². The number of aromatic nitrogens is 2. The molecule has 29 heavy (non-hydrogen) atoms. The molecule has 6 heteroatoms. The number of hydrogen-bond acceptors (Lipinski definition) is 5. The van der Waals surface area contributed by atoms with Crippen molar-refractivity contribution >= 4 is 17.5 Å². The van der Waals surface area contributed by atoms with E-state index >= 15 is 0 Å². The summed E-state index contributed by atoms with van der Waals surface area (Å²) in [5.74, 6) is 0.806. The summed E-state index contributed by atoms with van der Waals surface area (Å²) in [6, 6.07) is 18.9. The first-order valence-corrected chi connectivity index (χ1v) is 9.66. The van der Waals surface area contributed by atoms with E-state index in [4.69, 9.17) is 4.74 Å². The summed E-state index contributed by atoms with van der Waals surface area (Å²) in [7, 11) is 0. The van der Waals surface area contributed by atoms with E-state index in [9.17, 15) is 4.79 Å². The minimum atomic E-state index is -0.249. The number of benzene rings is 2. The van der Waals surface area contributed by atoms with Gasteiger partial charge in [-0.1, -0.05) is 42.5 Å². The minimum Gasteiger partial charge on any atom is -0.489 e. The summed E-state index contributed by atoms with van der Waals surface area (Å²) in [4.78, 5) is 21.6. The van der Waals surface area contributed by atoms with Gasteiger partial charge in [0.1, 0.15) is 11.4 Å². The highest BCUT2D eigenvalue weighted by atomic mass is 16.5. The molecule has 6 nitrogen and oxygen atoms in total. The fourth-order valence-electron chi connectivity index (χ4n) is 2.88. The SMILES string of the molecule is Cc1cc(C(=O)NC(C)c2ccccc2)nc(Nc2ccccc2OC(C)C)n1. The quantitative estimate of drug-likeness (QED) is 0.606. The Labute approximate surface area is 171 Å². The maximum Gasteiger partial charge on any atom is 0.270 e. The molecule has 3 rings (SSSR count). The van der Waals surface area contributed by atoms with Crippen molar-refractivity contribution in [2.24, 2.45) is 0 Å². The van der Waals surface area contributed by atoms with Crippen LogP contribution in [0.5, 0.6) is 5.75 Å². The van der Waals surface area contributed by atoms with Crippen LogP contribution in [0, 0.1) is 6.92 Å². The molecule has 1 atom stereocenters. The normalized spacial score (nSPS) is 11.8. The largest absolute Gasteiger partial charge is 0.489 e. The molecule has 1 aromatic heterocycles. The molecule has 0 aliphatic carbocycles. The molecule has 1 heterocycles. The van der Waals surface area contributed by atoms with Gasteiger partial charge in [0, 0.05) is 5.69 Å². The first kappa shape index (κ1) is 20.3. The average Bonchev–Trinajstić information content (AvgIpc) is 2.69. The Hall–Kier alpha value is -3.41. The van der Waals surface area contributed by atoms with Crippen LogP contribution < -0.4 is 15.4 Å². The van der Waals surface area contributed by atoms with Crippen molar-refractivity contribution in [2.45, 2.75) is 39.8 Å². The highest BCUT2D eigenvalue weighted by Gasteiger charge is 2.15. The van der Waals surface area contributed by atoms with Crippen molar-refractivity contribution in [3.05, 3.63) is 77.6 Å². The van der Waals surface area contributed by atoms with Gasteiger partial charge in [-0.3, -0.25) is 4.79 Å². The summed E-state index contributed by atoms with van der Waals surface area (Å²) < 4.78 is 5.83. The molecule has 0 radical (unpaired) electrons. The van der Waals surface area contributed by atoms with E-state index in [0.717, 1.165) is 11.3 Å². The van der Waals surface area contributed by atoms with Crippen molar-refractivity contribution in [1.29, 1.82) is 0 Å². The van der Waals surface area contributed by atoms with Crippen molar-refractivity contribution in [3.63, 3.8) is 0 Å². The summed E-state index contributed by atoms with van der Waals surface area (Å²) in [5, 5.41) is 6.16. The topological polar surface area (TPSA) is 76.1 Å². The molecule has 0 aliphatic rings. The molecular formula is C23H26N4O2. The lowest BCUT2D eigenvalue weighted by molar-refractivity contribution is 0.0934. The number of rotatable bonds is 7. The molecule has 0 aliphatic heterocycles. The first-order valence-electron chi connectivity index (χ1n) is 9.66. The highest BCUT2D eigenvalue weighted by molar-refractivity contribution is 5.93. The zero-order chi connectivity index (χ0) is 20.8. The molecule has 0 spiro atoms. The zero-order valence-corrected chi connectivity index (χ0v) is 17.1. The van der Waals surface area contributed by atoms with Gasteiger partial charge in [0.2, 0.25) is 5.95 Å². The average molecular weight is 390 g/mol. The Balaban J connectivity index is 1.79. The number of carbonyl (C=O) groups is 1. The Kier molecular flexibility index (Phi) is 6.44. The van der Waals surface area contributed by atoms with Crippen LogP contribution in [0.2, 0.25) is 0 Å². The van der Waals surface area contributed by atoms with E-state index in [2.05, 4.69) is 20.6 Å². The van der Waals surface area contributed by atoms with E-state index in [1.807, 2.05) is 82.3 Å². The number of ether oxygens (including phenoxy) is 1. The first-order chi connectivity index (χ1) is 13.9. The Morgan fingerprint density at radius 2 is 1.66 bits per heavy atom. The van der Waals surface area contributed by atoms with Crippen LogP contribution in [-0.4, -0.2) is 22.0 Å². The van der Waals surface area contributed by atoms with E-state index in [-0.39, 0.29) is 18.1 Å². The molecule has 0 bridgehead atoms. The van der Waals surface area contributed by atoms with Gasteiger partial charge in [-0.15, -0.1) is 0 Å². The van der Waals surface area contributed by atoms with E-state index in [1.54, 1.807) is 6.07 Å². The fraction of sp³-hybridized carbons (Fsp3) is 0.261.